The van der Waals surface area contributed by atoms with Gasteiger partial charge in [-0.05, 0) is 31.5 Å². The number of methoxy groups -OCH3 is 1. The molecule has 0 atom stereocenters. The van der Waals surface area contributed by atoms with Crippen LogP contribution >= 0.6 is 11.3 Å². The summed E-state index contributed by atoms with van der Waals surface area (Å²) >= 11 is 1.81. The molecule has 0 aliphatic carbocycles. The molecule has 0 radical (unpaired) electrons. The molecule has 1 aromatic heterocycles. The highest BCUT2D eigenvalue weighted by Gasteiger charge is 2.31. The second-order valence-corrected chi connectivity index (χ2v) is 6.60. The SMILES string of the molecule is COc1cccc(-c2cnc(C3CN(C(C)C)C3)s2)c1. The first-order chi connectivity index (χ1) is 9.67. The molecule has 0 spiro atoms. The molecule has 1 aliphatic rings. The van der Waals surface area contributed by atoms with Gasteiger partial charge < -0.3 is 4.74 Å². The predicted octanol–water partition coefficient (Wildman–Crippen LogP) is 3.63. The molecule has 4 heteroatoms. The molecule has 1 aliphatic heterocycles. The zero-order chi connectivity index (χ0) is 14.1. The Labute approximate surface area is 124 Å². The first-order valence-corrected chi connectivity index (χ1v) is 7.83. The van der Waals surface area contributed by atoms with E-state index in [-0.39, 0.29) is 0 Å². The van der Waals surface area contributed by atoms with Crippen molar-refractivity contribution in [2.75, 3.05) is 20.2 Å². The standard InChI is InChI=1S/C16H20N2OS/c1-11(2)18-9-13(10-18)16-17-8-15(20-16)12-5-4-6-14(7-12)19-3/h4-8,11,13H,9-10H2,1-3H3. The molecule has 3 nitrogen and oxygen atoms in total. The average Bonchev–Trinajstić information content (AvgIpc) is 2.86. The Hall–Kier alpha value is -1.39. The summed E-state index contributed by atoms with van der Waals surface area (Å²) in [5.74, 6) is 1.51. The van der Waals surface area contributed by atoms with Gasteiger partial charge in [-0.1, -0.05) is 12.1 Å². The van der Waals surface area contributed by atoms with Crippen molar-refractivity contribution in [2.45, 2.75) is 25.8 Å². The van der Waals surface area contributed by atoms with Gasteiger partial charge in [0.2, 0.25) is 0 Å². The second kappa shape index (κ2) is 5.54. The van der Waals surface area contributed by atoms with Gasteiger partial charge in [0.25, 0.3) is 0 Å². The molecule has 1 fully saturated rings. The van der Waals surface area contributed by atoms with Crippen LogP contribution in [0.25, 0.3) is 10.4 Å². The molecule has 0 N–H and O–H groups in total. The van der Waals surface area contributed by atoms with E-state index in [2.05, 4.69) is 35.9 Å². The third-order valence-corrected chi connectivity index (χ3v) is 5.08. The maximum absolute atomic E-state index is 5.28. The highest BCUT2D eigenvalue weighted by molar-refractivity contribution is 7.15. The first-order valence-electron chi connectivity index (χ1n) is 7.01. The van der Waals surface area contributed by atoms with Crippen LogP contribution in [0, 0.1) is 0 Å². The lowest BCUT2D eigenvalue weighted by Gasteiger charge is -2.41. The summed E-state index contributed by atoms with van der Waals surface area (Å²) < 4.78 is 5.28. The maximum Gasteiger partial charge on any atom is 0.119 e. The molecule has 1 saturated heterocycles. The lowest BCUT2D eigenvalue weighted by atomic mass is 9.99. The number of likely N-dealkylation sites (tertiary alicyclic amines) is 1. The van der Waals surface area contributed by atoms with Crippen molar-refractivity contribution in [1.82, 2.24) is 9.88 Å². The summed E-state index contributed by atoms with van der Waals surface area (Å²) in [7, 11) is 1.70. The third kappa shape index (κ3) is 2.58. The maximum atomic E-state index is 5.28. The summed E-state index contributed by atoms with van der Waals surface area (Å²) in [4.78, 5) is 8.32. The number of thiazole rings is 1. The van der Waals surface area contributed by atoms with Gasteiger partial charge in [0, 0.05) is 31.2 Å². The number of aromatic nitrogens is 1. The largest absolute Gasteiger partial charge is 0.497 e. The topological polar surface area (TPSA) is 25.4 Å². The fraction of sp³-hybridized carbons (Fsp3) is 0.438. The number of nitrogens with zero attached hydrogens (tertiary/aromatic N) is 2. The van der Waals surface area contributed by atoms with Crippen molar-refractivity contribution in [2.24, 2.45) is 0 Å². The van der Waals surface area contributed by atoms with E-state index in [0.717, 1.165) is 18.8 Å². The van der Waals surface area contributed by atoms with Crippen molar-refractivity contribution < 1.29 is 4.74 Å². The van der Waals surface area contributed by atoms with Gasteiger partial charge in [0.05, 0.1) is 17.0 Å². The summed E-state index contributed by atoms with van der Waals surface area (Å²) in [6, 6.07) is 8.82. The number of ether oxygens (including phenoxy) is 1. The van der Waals surface area contributed by atoms with E-state index in [1.165, 1.54) is 15.4 Å². The minimum absolute atomic E-state index is 0.613. The molecular formula is C16H20N2OS. The lowest BCUT2D eigenvalue weighted by molar-refractivity contribution is 0.110. The van der Waals surface area contributed by atoms with Crippen molar-refractivity contribution in [3.8, 4) is 16.2 Å². The molecule has 0 saturated carbocycles. The van der Waals surface area contributed by atoms with E-state index in [1.54, 1.807) is 7.11 Å². The molecule has 1 aromatic carbocycles. The number of benzene rings is 1. The van der Waals surface area contributed by atoms with Gasteiger partial charge in [0.1, 0.15) is 5.75 Å². The Kier molecular flexibility index (Phi) is 3.76. The van der Waals surface area contributed by atoms with Crippen LogP contribution in [0.1, 0.15) is 24.8 Å². The molecule has 0 amide bonds. The summed E-state index contributed by atoms with van der Waals surface area (Å²) in [6.45, 7) is 6.78. The van der Waals surface area contributed by atoms with Gasteiger partial charge in [-0.25, -0.2) is 4.98 Å². The van der Waals surface area contributed by atoms with Crippen LogP contribution in [0.3, 0.4) is 0 Å². The normalized spacial score (nSPS) is 16.4. The Balaban J connectivity index is 1.74. The molecule has 2 aromatic rings. The zero-order valence-corrected chi connectivity index (χ0v) is 13.0. The number of hydrogen-bond donors (Lipinski definition) is 0. The van der Waals surface area contributed by atoms with Gasteiger partial charge in [0.15, 0.2) is 0 Å². The van der Waals surface area contributed by atoms with Gasteiger partial charge >= 0.3 is 0 Å². The van der Waals surface area contributed by atoms with E-state index >= 15 is 0 Å². The van der Waals surface area contributed by atoms with Crippen LogP contribution in [0.5, 0.6) is 5.75 Å². The van der Waals surface area contributed by atoms with Crippen LogP contribution in [-0.2, 0) is 0 Å². The van der Waals surface area contributed by atoms with Crippen LogP contribution in [0.15, 0.2) is 30.5 Å². The molecular weight excluding hydrogens is 268 g/mol. The molecule has 106 valence electrons. The second-order valence-electron chi connectivity index (χ2n) is 5.54. The van der Waals surface area contributed by atoms with E-state index in [1.807, 2.05) is 29.7 Å². The van der Waals surface area contributed by atoms with Crippen molar-refractivity contribution in [3.63, 3.8) is 0 Å². The van der Waals surface area contributed by atoms with Crippen LogP contribution in [0.2, 0.25) is 0 Å². The molecule has 3 rings (SSSR count). The predicted molar refractivity (Wildman–Crippen MR) is 83.6 cm³/mol. The summed E-state index contributed by atoms with van der Waals surface area (Å²) in [6.07, 6.45) is 1.99. The van der Waals surface area contributed by atoms with Crippen LogP contribution in [0.4, 0.5) is 0 Å². The van der Waals surface area contributed by atoms with Crippen molar-refractivity contribution in [1.29, 1.82) is 0 Å². The Bertz CT molecular complexity index is 588. The monoisotopic (exact) mass is 288 g/mol. The summed E-state index contributed by atoms with van der Waals surface area (Å²) in [5, 5.41) is 1.26. The highest BCUT2D eigenvalue weighted by Crippen LogP contribution is 2.35. The first kappa shape index (κ1) is 13.6. The van der Waals surface area contributed by atoms with Gasteiger partial charge in [-0.3, -0.25) is 4.90 Å². The van der Waals surface area contributed by atoms with Crippen molar-refractivity contribution >= 4 is 11.3 Å². The molecule has 2 heterocycles. The Morgan fingerprint density at radius 3 is 2.85 bits per heavy atom. The fourth-order valence-corrected chi connectivity index (χ4v) is 3.47. The van der Waals surface area contributed by atoms with Gasteiger partial charge in [-0.15, -0.1) is 11.3 Å². The van der Waals surface area contributed by atoms with E-state index in [0.29, 0.717) is 12.0 Å². The van der Waals surface area contributed by atoms with Crippen molar-refractivity contribution in [3.05, 3.63) is 35.5 Å². The van der Waals surface area contributed by atoms with E-state index in [4.69, 9.17) is 4.74 Å². The molecule has 0 bridgehead atoms. The summed E-state index contributed by atoms with van der Waals surface area (Å²) in [5.41, 5.74) is 1.19. The third-order valence-electron chi connectivity index (χ3n) is 3.87. The quantitative estimate of drug-likeness (QED) is 0.859. The van der Waals surface area contributed by atoms with Gasteiger partial charge in [-0.2, -0.15) is 0 Å². The Morgan fingerprint density at radius 1 is 1.35 bits per heavy atom. The minimum Gasteiger partial charge on any atom is -0.497 e. The number of hydrogen-bond acceptors (Lipinski definition) is 4. The van der Waals surface area contributed by atoms with Crippen LogP contribution < -0.4 is 4.74 Å². The minimum atomic E-state index is 0.613. The Morgan fingerprint density at radius 2 is 2.15 bits per heavy atom. The highest BCUT2D eigenvalue weighted by atomic mass is 32.1. The zero-order valence-electron chi connectivity index (χ0n) is 12.2. The van der Waals surface area contributed by atoms with E-state index < -0.39 is 0 Å². The smallest absolute Gasteiger partial charge is 0.119 e. The lowest BCUT2D eigenvalue weighted by Crippen LogP contribution is -2.48. The fourth-order valence-electron chi connectivity index (χ4n) is 2.48. The average molecular weight is 288 g/mol. The molecule has 0 unspecified atom stereocenters. The molecule has 20 heavy (non-hydrogen) atoms. The number of rotatable bonds is 4. The van der Waals surface area contributed by atoms with E-state index in [9.17, 15) is 0 Å². The van der Waals surface area contributed by atoms with Crippen LogP contribution in [-0.4, -0.2) is 36.1 Å².